The number of amides is 1. The van der Waals surface area contributed by atoms with Gasteiger partial charge < -0.3 is 9.64 Å². The first-order chi connectivity index (χ1) is 9.56. The number of carbonyl (C=O) groups is 1. The molecule has 2 unspecified atom stereocenters. The molecular formula is C17H25NO2. The van der Waals surface area contributed by atoms with Crippen LogP contribution in [0.1, 0.15) is 32.8 Å². The average Bonchev–Trinajstić information content (AvgIpc) is 2.41. The highest BCUT2D eigenvalue weighted by atomic mass is 16.5. The molecule has 1 aromatic carbocycles. The van der Waals surface area contributed by atoms with Crippen molar-refractivity contribution in [1.29, 1.82) is 0 Å². The second-order valence-electron chi connectivity index (χ2n) is 6.14. The molecule has 0 saturated carbocycles. The van der Waals surface area contributed by atoms with Gasteiger partial charge in [-0.1, -0.05) is 44.2 Å². The van der Waals surface area contributed by atoms with Gasteiger partial charge in [0, 0.05) is 19.4 Å². The lowest BCUT2D eigenvalue weighted by atomic mass is 10.0. The van der Waals surface area contributed by atoms with Gasteiger partial charge in [-0.05, 0) is 18.4 Å². The summed E-state index contributed by atoms with van der Waals surface area (Å²) in [6, 6.07) is 10.5. The standard InChI is InChI=1S/C17H25NO2/c1-13(2)9-17(19)18-11-16(20-12-14(18)3)10-15-7-5-4-6-8-15/h4-8,13-14,16H,9-12H2,1-3H3. The van der Waals surface area contributed by atoms with Gasteiger partial charge in [-0.2, -0.15) is 0 Å². The molecule has 2 rings (SSSR count). The quantitative estimate of drug-likeness (QED) is 0.845. The first-order valence-corrected chi connectivity index (χ1v) is 7.51. The molecule has 1 aromatic rings. The zero-order chi connectivity index (χ0) is 14.5. The lowest BCUT2D eigenvalue weighted by Crippen LogP contribution is -2.51. The van der Waals surface area contributed by atoms with E-state index in [4.69, 9.17) is 4.74 Å². The van der Waals surface area contributed by atoms with Crippen molar-refractivity contribution in [2.24, 2.45) is 5.92 Å². The summed E-state index contributed by atoms with van der Waals surface area (Å²) in [5.41, 5.74) is 1.27. The second kappa shape index (κ2) is 6.89. The largest absolute Gasteiger partial charge is 0.374 e. The molecule has 1 aliphatic rings. The first kappa shape index (κ1) is 15.0. The zero-order valence-corrected chi connectivity index (χ0v) is 12.7. The highest BCUT2D eigenvalue weighted by molar-refractivity contribution is 5.76. The van der Waals surface area contributed by atoms with Crippen LogP contribution in [-0.2, 0) is 16.0 Å². The lowest BCUT2D eigenvalue weighted by molar-refractivity contribution is -0.144. The van der Waals surface area contributed by atoms with Gasteiger partial charge in [0.15, 0.2) is 0 Å². The monoisotopic (exact) mass is 275 g/mol. The third kappa shape index (κ3) is 4.07. The normalized spacial score (nSPS) is 23.1. The van der Waals surface area contributed by atoms with Gasteiger partial charge in [0.25, 0.3) is 0 Å². The summed E-state index contributed by atoms with van der Waals surface area (Å²) in [6.45, 7) is 7.59. The Morgan fingerprint density at radius 1 is 1.35 bits per heavy atom. The molecule has 1 heterocycles. The number of ether oxygens (including phenoxy) is 1. The highest BCUT2D eigenvalue weighted by Gasteiger charge is 2.29. The molecule has 20 heavy (non-hydrogen) atoms. The van der Waals surface area contributed by atoms with Gasteiger partial charge >= 0.3 is 0 Å². The molecule has 1 amide bonds. The lowest BCUT2D eigenvalue weighted by Gasteiger charge is -2.38. The van der Waals surface area contributed by atoms with Gasteiger partial charge in [-0.25, -0.2) is 0 Å². The number of morpholine rings is 1. The van der Waals surface area contributed by atoms with Gasteiger partial charge in [-0.15, -0.1) is 0 Å². The molecular weight excluding hydrogens is 250 g/mol. The maximum atomic E-state index is 12.3. The fraction of sp³-hybridized carbons (Fsp3) is 0.588. The van der Waals surface area contributed by atoms with Crippen LogP contribution < -0.4 is 0 Å². The van der Waals surface area contributed by atoms with Gasteiger partial charge in [0.05, 0.1) is 18.8 Å². The first-order valence-electron chi connectivity index (χ1n) is 7.51. The summed E-state index contributed by atoms with van der Waals surface area (Å²) < 4.78 is 5.89. The maximum absolute atomic E-state index is 12.3. The second-order valence-corrected chi connectivity index (χ2v) is 6.14. The molecule has 3 nitrogen and oxygen atoms in total. The van der Waals surface area contributed by atoms with Crippen LogP contribution in [0.15, 0.2) is 30.3 Å². The van der Waals surface area contributed by atoms with Crippen molar-refractivity contribution in [2.45, 2.75) is 45.8 Å². The summed E-state index contributed by atoms with van der Waals surface area (Å²) in [7, 11) is 0. The van der Waals surface area contributed by atoms with Crippen LogP contribution in [0.2, 0.25) is 0 Å². The molecule has 1 aliphatic heterocycles. The minimum absolute atomic E-state index is 0.115. The Morgan fingerprint density at radius 3 is 2.70 bits per heavy atom. The molecule has 0 N–H and O–H groups in total. The zero-order valence-electron chi connectivity index (χ0n) is 12.7. The molecule has 0 radical (unpaired) electrons. The summed E-state index contributed by atoms with van der Waals surface area (Å²) in [4.78, 5) is 14.3. The van der Waals surface area contributed by atoms with E-state index < -0.39 is 0 Å². The van der Waals surface area contributed by atoms with Crippen molar-refractivity contribution >= 4 is 5.91 Å². The SMILES string of the molecule is CC(C)CC(=O)N1CC(Cc2ccccc2)OCC1C. The summed E-state index contributed by atoms with van der Waals surface area (Å²) in [5.74, 6) is 0.666. The molecule has 2 atom stereocenters. The third-order valence-corrected chi connectivity index (χ3v) is 3.71. The van der Waals surface area contributed by atoms with Crippen molar-refractivity contribution < 1.29 is 9.53 Å². The van der Waals surface area contributed by atoms with Gasteiger partial charge in [0.1, 0.15) is 0 Å². The number of hydrogen-bond donors (Lipinski definition) is 0. The summed E-state index contributed by atoms with van der Waals surface area (Å²) in [5, 5.41) is 0. The van der Waals surface area contributed by atoms with E-state index in [1.807, 2.05) is 23.1 Å². The molecule has 0 aromatic heterocycles. The molecule has 0 spiro atoms. The smallest absolute Gasteiger partial charge is 0.223 e. The predicted molar refractivity (Wildman–Crippen MR) is 80.5 cm³/mol. The fourth-order valence-electron chi connectivity index (χ4n) is 2.63. The Balaban J connectivity index is 1.95. The third-order valence-electron chi connectivity index (χ3n) is 3.71. The number of hydrogen-bond acceptors (Lipinski definition) is 2. The van der Waals surface area contributed by atoms with E-state index >= 15 is 0 Å². The molecule has 0 aliphatic carbocycles. The van der Waals surface area contributed by atoms with Gasteiger partial charge in [-0.3, -0.25) is 4.79 Å². The highest BCUT2D eigenvalue weighted by Crippen LogP contribution is 2.18. The number of benzene rings is 1. The topological polar surface area (TPSA) is 29.5 Å². The van der Waals surface area contributed by atoms with E-state index in [-0.39, 0.29) is 18.1 Å². The van der Waals surface area contributed by atoms with Crippen LogP contribution in [0.5, 0.6) is 0 Å². The van der Waals surface area contributed by atoms with E-state index in [1.54, 1.807) is 0 Å². The number of rotatable bonds is 4. The predicted octanol–water partition coefficient (Wildman–Crippen LogP) is 2.89. The van der Waals surface area contributed by atoms with Crippen LogP contribution in [0.4, 0.5) is 0 Å². The Bertz CT molecular complexity index is 430. The molecule has 3 heteroatoms. The molecule has 1 saturated heterocycles. The van der Waals surface area contributed by atoms with Crippen molar-refractivity contribution in [2.75, 3.05) is 13.2 Å². The fourth-order valence-corrected chi connectivity index (χ4v) is 2.63. The van der Waals surface area contributed by atoms with Crippen LogP contribution >= 0.6 is 0 Å². The van der Waals surface area contributed by atoms with Crippen molar-refractivity contribution in [1.82, 2.24) is 4.90 Å². The van der Waals surface area contributed by atoms with Crippen LogP contribution in [0.3, 0.4) is 0 Å². The minimum Gasteiger partial charge on any atom is -0.374 e. The Kier molecular flexibility index (Phi) is 5.18. The summed E-state index contributed by atoms with van der Waals surface area (Å²) in [6.07, 6.45) is 1.62. The van der Waals surface area contributed by atoms with E-state index in [0.29, 0.717) is 25.5 Å². The number of carbonyl (C=O) groups excluding carboxylic acids is 1. The molecule has 1 fully saturated rings. The Hall–Kier alpha value is -1.35. The Labute approximate surface area is 121 Å². The molecule has 110 valence electrons. The van der Waals surface area contributed by atoms with E-state index in [1.165, 1.54) is 5.56 Å². The number of nitrogens with zero attached hydrogens (tertiary/aromatic N) is 1. The van der Waals surface area contributed by atoms with Crippen molar-refractivity contribution in [3.63, 3.8) is 0 Å². The Morgan fingerprint density at radius 2 is 2.05 bits per heavy atom. The van der Waals surface area contributed by atoms with E-state index in [2.05, 4.69) is 32.9 Å². The van der Waals surface area contributed by atoms with Crippen molar-refractivity contribution in [3.05, 3.63) is 35.9 Å². The summed E-state index contributed by atoms with van der Waals surface area (Å²) >= 11 is 0. The van der Waals surface area contributed by atoms with Crippen LogP contribution in [-0.4, -0.2) is 36.1 Å². The van der Waals surface area contributed by atoms with Gasteiger partial charge in [0.2, 0.25) is 5.91 Å². The van der Waals surface area contributed by atoms with E-state index in [9.17, 15) is 4.79 Å². The average molecular weight is 275 g/mol. The molecule has 0 bridgehead atoms. The van der Waals surface area contributed by atoms with E-state index in [0.717, 1.165) is 6.42 Å². The maximum Gasteiger partial charge on any atom is 0.223 e. The van der Waals surface area contributed by atoms with Crippen LogP contribution in [0.25, 0.3) is 0 Å². The van der Waals surface area contributed by atoms with Crippen molar-refractivity contribution in [3.8, 4) is 0 Å². The van der Waals surface area contributed by atoms with Crippen LogP contribution in [0, 0.1) is 5.92 Å². The minimum atomic E-state index is 0.115.